The molecular formula is C26H20N2O4. The maximum Gasteiger partial charge on any atom is 0.254 e. The van der Waals surface area contributed by atoms with Gasteiger partial charge in [-0.1, -0.05) is 48.5 Å². The van der Waals surface area contributed by atoms with Crippen molar-refractivity contribution in [3.63, 3.8) is 0 Å². The number of hydrogen-bond acceptors (Lipinski definition) is 5. The predicted molar refractivity (Wildman–Crippen MR) is 118 cm³/mol. The van der Waals surface area contributed by atoms with E-state index in [0.29, 0.717) is 11.3 Å². The average molecular weight is 424 g/mol. The quantitative estimate of drug-likeness (QED) is 0.514. The number of hydrogen-bond donors (Lipinski definition) is 1. The van der Waals surface area contributed by atoms with E-state index in [4.69, 9.17) is 4.74 Å². The molecule has 0 saturated carbocycles. The summed E-state index contributed by atoms with van der Waals surface area (Å²) in [6.07, 6.45) is 1.46. The van der Waals surface area contributed by atoms with Crippen LogP contribution in [0.1, 0.15) is 39.7 Å². The van der Waals surface area contributed by atoms with Crippen LogP contribution in [-0.2, 0) is 9.59 Å². The molecule has 158 valence electrons. The number of benzene rings is 3. The number of imide groups is 1. The van der Waals surface area contributed by atoms with Crippen LogP contribution in [0.15, 0.2) is 71.8 Å². The van der Waals surface area contributed by atoms with E-state index in [9.17, 15) is 14.7 Å². The van der Waals surface area contributed by atoms with Gasteiger partial charge in [-0.3, -0.25) is 9.59 Å². The lowest BCUT2D eigenvalue weighted by Gasteiger charge is -2.45. The third-order valence-corrected chi connectivity index (χ3v) is 6.95. The Hall–Kier alpha value is -3.93. The summed E-state index contributed by atoms with van der Waals surface area (Å²) in [6, 6.07) is 21.0. The molecule has 1 aliphatic heterocycles. The van der Waals surface area contributed by atoms with Crippen LogP contribution in [0.4, 0.5) is 0 Å². The van der Waals surface area contributed by atoms with Crippen molar-refractivity contribution in [1.29, 1.82) is 0 Å². The van der Waals surface area contributed by atoms with E-state index in [1.54, 1.807) is 12.1 Å². The summed E-state index contributed by atoms with van der Waals surface area (Å²) in [5.41, 5.74) is 5.14. The summed E-state index contributed by atoms with van der Waals surface area (Å²) >= 11 is 0. The Bertz CT molecular complexity index is 1200. The largest absolute Gasteiger partial charge is 0.504 e. The molecule has 2 bridgehead atoms. The molecule has 6 heteroatoms. The molecule has 1 heterocycles. The second kappa shape index (κ2) is 6.79. The molecule has 0 aromatic heterocycles. The van der Waals surface area contributed by atoms with Gasteiger partial charge >= 0.3 is 0 Å². The first-order valence-corrected chi connectivity index (χ1v) is 10.6. The lowest BCUT2D eigenvalue weighted by atomic mass is 9.55. The van der Waals surface area contributed by atoms with E-state index in [-0.39, 0.29) is 29.4 Å². The van der Waals surface area contributed by atoms with Crippen molar-refractivity contribution >= 4 is 18.0 Å². The fourth-order valence-corrected chi connectivity index (χ4v) is 5.67. The zero-order valence-electron chi connectivity index (χ0n) is 17.3. The molecule has 0 spiro atoms. The van der Waals surface area contributed by atoms with E-state index < -0.39 is 11.8 Å². The van der Waals surface area contributed by atoms with E-state index in [1.165, 1.54) is 19.4 Å². The summed E-state index contributed by atoms with van der Waals surface area (Å²) < 4.78 is 5.13. The normalized spacial score (nSPS) is 25.1. The molecule has 2 amide bonds. The van der Waals surface area contributed by atoms with Crippen LogP contribution in [-0.4, -0.2) is 35.3 Å². The number of phenols is 1. The summed E-state index contributed by atoms with van der Waals surface area (Å²) in [5, 5.41) is 15.1. The minimum Gasteiger partial charge on any atom is -0.504 e. The lowest BCUT2D eigenvalue weighted by Crippen LogP contribution is -2.41. The number of ether oxygens (including phenoxy) is 1. The standard InChI is InChI=1S/C26H20N2O4/c1-32-20-12-14(10-11-19(20)29)13-27-28-25(30)23-21-15-6-2-3-7-16(15)22(24(23)26(28)31)18-9-5-4-8-17(18)21/h2-13,21-24,29H,1H3/b27-13-/t21?,22?,23-,24-/m1/s1. The molecule has 3 aromatic rings. The zero-order valence-corrected chi connectivity index (χ0v) is 17.3. The minimum absolute atomic E-state index is 0.0103. The van der Waals surface area contributed by atoms with Crippen molar-refractivity contribution in [2.45, 2.75) is 11.8 Å². The van der Waals surface area contributed by atoms with Crippen LogP contribution in [0.25, 0.3) is 0 Å². The second-order valence-corrected chi connectivity index (χ2v) is 8.43. The molecule has 0 radical (unpaired) electrons. The molecule has 1 fully saturated rings. The van der Waals surface area contributed by atoms with Gasteiger partial charge in [-0.15, -0.1) is 0 Å². The summed E-state index contributed by atoms with van der Waals surface area (Å²) in [6.45, 7) is 0. The molecule has 6 nitrogen and oxygen atoms in total. The van der Waals surface area contributed by atoms with Gasteiger partial charge in [0, 0.05) is 11.8 Å². The highest BCUT2D eigenvalue weighted by Gasteiger charge is 2.61. The highest BCUT2D eigenvalue weighted by Crippen LogP contribution is 2.60. The minimum atomic E-state index is -0.455. The lowest BCUT2D eigenvalue weighted by molar-refractivity contribution is -0.139. The van der Waals surface area contributed by atoms with Crippen LogP contribution >= 0.6 is 0 Å². The van der Waals surface area contributed by atoms with Crippen LogP contribution < -0.4 is 4.74 Å². The van der Waals surface area contributed by atoms with Gasteiger partial charge in [0.2, 0.25) is 0 Å². The molecule has 1 N–H and O–H groups in total. The average Bonchev–Trinajstić information content (AvgIpc) is 3.08. The Morgan fingerprint density at radius 1 is 0.844 bits per heavy atom. The second-order valence-electron chi connectivity index (χ2n) is 8.43. The molecule has 0 unspecified atom stereocenters. The fraction of sp³-hybridized carbons (Fsp3) is 0.192. The molecule has 2 atom stereocenters. The Kier molecular flexibility index (Phi) is 3.99. The SMILES string of the molecule is COc1cc(/C=N\N2C(=O)[C@@H]3C4c5ccccc5C(c5ccccc54)[C@H]3C2=O)ccc1O. The zero-order chi connectivity index (χ0) is 22.0. The van der Waals surface area contributed by atoms with Gasteiger partial charge in [0.25, 0.3) is 11.8 Å². The third kappa shape index (κ3) is 2.43. The highest BCUT2D eigenvalue weighted by molar-refractivity contribution is 6.08. The Labute approximate surface area is 184 Å². The Balaban J connectivity index is 1.42. The first-order valence-electron chi connectivity index (χ1n) is 10.6. The molecule has 4 aliphatic rings. The first kappa shape index (κ1) is 18.8. The van der Waals surface area contributed by atoms with Crippen molar-refractivity contribution in [1.82, 2.24) is 5.01 Å². The Morgan fingerprint density at radius 2 is 1.34 bits per heavy atom. The molecular weight excluding hydrogens is 404 g/mol. The first-order chi connectivity index (χ1) is 15.6. The van der Waals surface area contributed by atoms with Crippen LogP contribution in [0.3, 0.4) is 0 Å². The highest BCUT2D eigenvalue weighted by atomic mass is 16.5. The number of amides is 2. The van der Waals surface area contributed by atoms with Crippen molar-refractivity contribution in [3.05, 3.63) is 94.5 Å². The third-order valence-electron chi connectivity index (χ3n) is 6.95. The number of methoxy groups -OCH3 is 1. The van der Waals surface area contributed by atoms with Crippen molar-refractivity contribution in [3.8, 4) is 11.5 Å². The van der Waals surface area contributed by atoms with E-state index in [1.807, 2.05) is 24.3 Å². The van der Waals surface area contributed by atoms with Gasteiger partial charge in [-0.2, -0.15) is 10.1 Å². The molecule has 32 heavy (non-hydrogen) atoms. The maximum absolute atomic E-state index is 13.5. The molecule has 7 rings (SSSR count). The number of carbonyl (C=O) groups is 2. The Morgan fingerprint density at radius 3 is 1.81 bits per heavy atom. The van der Waals surface area contributed by atoms with Gasteiger partial charge < -0.3 is 9.84 Å². The number of carbonyl (C=O) groups excluding carboxylic acids is 2. The molecule has 3 aromatic carbocycles. The number of nitrogens with zero attached hydrogens (tertiary/aromatic N) is 2. The van der Waals surface area contributed by atoms with Gasteiger partial charge in [-0.25, -0.2) is 0 Å². The van der Waals surface area contributed by atoms with Crippen molar-refractivity contribution < 1.29 is 19.4 Å². The fourth-order valence-electron chi connectivity index (χ4n) is 5.67. The van der Waals surface area contributed by atoms with Gasteiger partial charge in [0.1, 0.15) is 0 Å². The summed E-state index contributed by atoms with van der Waals surface area (Å²) in [4.78, 5) is 27.0. The van der Waals surface area contributed by atoms with E-state index in [0.717, 1.165) is 27.3 Å². The van der Waals surface area contributed by atoms with Crippen molar-refractivity contribution in [2.75, 3.05) is 7.11 Å². The number of phenolic OH excluding ortho intramolecular Hbond substituents is 1. The van der Waals surface area contributed by atoms with Crippen molar-refractivity contribution in [2.24, 2.45) is 16.9 Å². The molecule has 1 saturated heterocycles. The van der Waals surface area contributed by atoms with Crippen LogP contribution in [0.2, 0.25) is 0 Å². The van der Waals surface area contributed by atoms with Crippen LogP contribution in [0.5, 0.6) is 11.5 Å². The predicted octanol–water partition coefficient (Wildman–Crippen LogP) is 3.63. The van der Waals surface area contributed by atoms with E-state index >= 15 is 0 Å². The number of hydrazone groups is 1. The number of aromatic hydroxyl groups is 1. The van der Waals surface area contributed by atoms with E-state index in [2.05, 4.69) is 29.4 Å². The number of rotatable bonds is 3. The smallest absolute Gasteiger partial charge is 0.254 e. The van der Waals surface area contributed by atoms with Gasteiger partial charge in [0.15, 0.2) is 11.5 Å². The van der Waals surface area contributed by atoms with Gasteiger partial charge in [-0.05, 0) is 46.0 Å². The summed E-state index contributed by atoms with van der Waals surface area (Å²) in [5.74, 6) is -1.43. The van der Waals surface area contributed by atoms with Gasteiger partial charge in [0.05, 0.1) is 25.2 Å². The monoisotopic (exact) mass is 424 g/mol. The molecule has 3 aliphatic carbocycles. The topological polar surface area (TPSA) is 79.2 Å². The maximum atomic E-state index is 13.5. The van der Waals surface area contributed by atoms with Crippen LogP contribution in [0, 0.1) is 11.8 Å². The summed E-state index contributed by atoms with van der Waals surface area (Å²) in [7, 11) is 1.46.